The summed E-state index contributed by atoms with van der Waals surface area (Å²) < 4.78 is 0. The normalized spacial score (nSPS) is 7.76. The average molecular weight is 275 g/mol. The standard InChI is InChI=1S/C10H9N.C6H6.C4H6/c1-9(7-8-11)10-5-3-2-4-6-10;1-2-4-6-5-3-1;1-3-4-2/h2-6H,1,7H2;1-6H;3-4H,1-2H2. The van der Waals surface area contributed by atoms with Crippen LogP contribution in [0.2, 0.25) is 0 Å². The van der Waals surface area contributed by atoms with E-state index in [1.165, 1.54) is 0 Å². The molecule has 0 aliphatic rings. The molecular formula is C20H21N. The molecule has 0 bridgehead atoms. The van der Waals surface area contributed by atoms with E-state index in [9.17, 15) is 0 Å². The summed E-state index contributed by atoms with van der Waals surface area (Å²) in [6.07, 6.45) is 3.68. The molecule has 1 heteroatoms. The van der Waals surface area contributed by atoms with E-state index in [4.69, 9.17) is 5.26 Å². The fourth-order valence-corrected chi connectivity index (χ4v) is 1.26. The summed E-state index contributed by atoms with van der Waals surface area (Å²) in [4.78, 5) is 0. The van der Waals surface area contributed by atoms with E-state index in [1.807, 2.05) is 66.7 Å². The lowest BCUT2D eigenvalue weighted by Crippen LogP contribution is -1.78. The molecule has 2 rings (SSSR count). The predicted octanol–water partition coefficient (Wildman–Crippen LogP) is 5.66. The summed E-state index contributed by atoms with van der Waals surface area (Å²) in [7, 11) is 0. The van der Waals surface area contributed by atoms with Gasteiger partial charge in [-0.2, -0.15) is 5.26 Å². The summed E-state index contributed by atoms with van der Waals surface area (Å²) in [5, 5.41) is 8.39. The largest absolute Gasteiger partial charge is 0.198 e. The second kappa shape index (κ2) is 13.6. The molecule has 0 saturated carbocycles. The minimum Gasteiger partial charge on any atom is -0.198 e. The molecule has 0 aliphatic carbocycles. The molecule has 0 amide bonds. The van der Waals surface area contributed by atoms with Crippen molar-refractivity contribution in [2.45, 2.75) is 6.42 Å². The van der Waals surface area contributed by atoms with Crippen molar-refractivity contribution in [3.63, 3.8) is 0 Å². The Balaban J connectivity index is 0.000000335. The van der Waals surface area contributed by atoms with Gasteiger partial charge in [-0.05, 0) is 11.1 Å². The molecule has 0 atom stereocenters. The van der Waals surface area contributed by atoms with Gasteiger partial charge in [-0.25, -0.2) is 0 Å². The minimum absolute atomic E-state index is 0.407. The van der Waals surface area contributed by atoms with Gasteiger partial charge < -0.3 is 0 Å². The van der Waals surface area contributed by atoms with Gasteiger partial charge >= 0.3 is 0 Å². The van der Waals surface area contributed by atoms with Crippen LogP contribution < -0.4 is 0 Å². The molecule has 0 fully saturated rings. The lowest BCUT2D eigenvalue weighted by Gasteiger charge is -1.98. The predicted molar refractivity (Wildman–Crippen MR) is 92.5 cm³/mol. The van der Waals surface area contributed by atoms with Crippen LogP contribution in [0.1, 0.15) is 12.0 Å². The second-order valence-electron chi connectivity index (χ2n) is 3.93. The van der Waals surface area contributed by atoms with Crippen molar-refractivity contribution in [2.24, 2.45) is 0 Å². The maximum atomic E-state index is 8.39. The van der Waals surface area contributed by atoms with Gasteiger partial charge in [0.15, 0.2) is 0 Å². The highest BCUT2D eigenvalue weighted by Gasteiger charge is 1.94. The van der Waals surface area contributed by atoms with Gasteiger partial charge in [0, 0.05) is 0 Å². The topological polar surface area (TPSA) is 23.8 Å². The van der Waals surface area contributed by atoms with Crippen LogP contribution in [0.5, 0.6) is 0 Å². The zero-order valence-electron chi connectivity index (χ0n) is 12.3. The second-order valence-corrected chi connectivity index (χ2v) is 3.93. The van der Waals surface area contributed by atoms with Crippen LogP contribution in [0, 0.1) is 11.3 Å². The third-order valence-electron chi connectivity index (χ3n) is 2.31. The van der Waals surface area contributed by atoms with Gasteiger partial charge in [0.05, 0.1) is 12.5 Å². The van der Waals surface area contributed by atoms with Gasteiger partial charge in [-0.15, -0.1) is 0 Å². The van der Waals surface area contributed by atoms with Crippen LogP contribution in [-0.4, -0.2) is 0 Å². The highest BCUT2D eigenvalue weighted by Crippen LogP contribution is 2.13. The zero-order chi connectivity index (χ0) is 15.8. The molecule has 0 radical (unpaired) electrons. The van der Waals surface area contributed by atoms with Crippen molar-refractivity contribution in [3.05, 3.63) is 104 Å². The first-order chi connectivity index (χ1) is 10.3. The Hall–Kier alpha value is -2.85. The third kappa shape index (κ3) is 10.7. The Morgan fingerprint density at radius 3 is 1.57 bits per heavy atom. The third-order valence-corrected chi connectivity index (χ3v) is 2.31. The molecule has 106 valence electrons. The summed E-state index contributed by atoms with van der Waals surface area (Å²) in [6.45, 7) is 10.5. The molecule has 1 nitrogen and oxygen atoms in total. The monoisotopic (exact) mass is 275 g/mol. The number of nitrogens with zero attached hydrogens (tertiary/aromatic N) is 1. The van der Waals surface area contributed by atoms with E-state index in [1.54, 1.807) is 12.2 Å². The molecule has 21 heavy (non-hydrogen) atoms. The Morgan fingerprint density at radius 1 is 0.857 bits per heavy atom. The summed E-state index contributed by atoms with van der Waals surface area (Å²) in [5.74, 6) is 0. The van der Waals surface area contributed by atoms with Crippen LogP contribution >= 0.6 is 0 Å². The molecule has 0 unspecified atom stereocenters. The van der Waals surface area contributed by atoms with Gasteiger partial charge in [0.2, 0.25) is 0 Å². The van der Waals surface area contributed by atoms with Crippen LogP contribution in [0.15, 0.2) is 98.6 Å². The first-order valence-corrected chi connectivity index (χ1v) is 6.59. The first kappa shape index (κ1) is 18.2. The van der Waals surface area contributed by atoms with Crippen molar-refractivity contribution in [1.29, 1.82) is 5.26 Å². The van der Waals surface area contributed by atoms with Crippen molar-refractivity contribution < 1.29 is 0 Å². The van der Waals surface area contributed by atoms with Gasteiger partial charge in [0.25, 0.3) is 0 Å². The van der Waals surface area contributed by atoms with Gasteiger partial charge in [0.1, 0.15) is 0 Å². The maximum absolute atomic E-state index is 8.39. The van der Waals surface area contributed by atoms with Crippen LogP contribution in [-0.2, 0) is 0 Å². The fourth-order valence-electron chi connectivity index (χ4n) is 1.26. The number of allylic oxidation sites excluding steroid dienone is 3. The highest BCUT2D eigenvalue weighted by atomic mass is 14.2. The van der Waals surface area contributed by atoms with Gasteiger partial charge in [-0.3, -0.25) is 0 Å². The zero-order valence-corrected chi connectivity index (χ0v) is 12.3. The minimum atomic E-state index is 0.407. The van der Waals surface area contributed by atoms with Gasteiger partial charge in [-0.1, -0.05) is 98.6 Å². The SMILES string of the molecule is C=C(CC#N)c1ccccc1.C=CC=C.c1ccccc1. The van der Waals surface area contributed by atoms with E-state index >= 15 is 0 Å². The number of rotatable bonds is 3. The summed E-state index contributed by atoms with van der Waals surface area (Å²) >= 11 is 0. The molecule has 2 aromatic carbocycles. The average Bonchev–Trinajstić information content (AvgIpc) is 2.58. The van der Waals surface area contributed by atoms with E-state index in [2.05, 4.69) is 25.8 Å². The Labute approximate surface area is 128 Å². The van der Waals surface area contributed by atoms with Crippen molar-refractivity contribution in [3.8, 4) is 6.07 Å². The quantitative estimate of drug-likeness (QED) is 0.663. The van der Waals surface area contributed by atoms with Crippen molar-refractivity contribution in [2.75, 3.05) is 0 Å². The van der Waals surface area contributed by atoms with Crippen LogP contribution in [0.3, 0.4) is 0 Å². The molecular weight excluding hydrogens is 254 g/mol. The molecule has 0 spiro atoms. The Bertz CT molecular complexity index is 515. The summed E-state index contributed by atoms with van der Waals surface area (Å²) in [6, 6.07) is 23.8. The molecule has 0 saturated heterocycles. The van der Waals surface area contributed by atoms with E-state index < -0.39 is 0 Å². The molecule has 2 aromatic rings. The summed E-state index contributed by atoms with van der Waals surface area (Å²) in [5.41, 5.74) is 1.93. The fraction of sp³-hybridized carbons (Fsp3) is 0.0500. The van der Waals surface area contributed by atoms with Crippen LogP contribution in [0.4, 0.5) is 0 Å². The van der Waals surface area contributed by atoms with Crippen LogP contribution in [0.25, 0.3) is 5.57 Å². The number of hydrogen-bond acceptors (Lipinski definition) is 1. The highest BCUT2D eigenvalue weighted by molar-refractivity contribution is 5.64. The smallest absolute Gasteiger partial charge is 0.0669 e. The number of benzene rings is 2. The number of nitriles is 1. The van der Waals surface area contributed by atoms with E-state index in [0.29, 0.717) is 6.42 Å². The number of hydrogen-bond donors (Lipinski definition) is 0. The lowest BCUT2D eigenvalue weighted by atomic mass is 10.1. The maximum Gasteiger partial charge on any atom is 0.0669 e. The lowest BCUT2D eigenvalue weighted by molar-refractivity contribution is 1.36. The van der Waals surface area contributed by atoms with Crippen molar-refractivity contribution >= 4 is 5.57 Å². The van der Waals surface area contributed by atoms with E-state index in [0.717, 1.165) is 11.1 Å². The Morgan fingerprint density at radius 2 is 1.24 bits per heavy atom. The molecule has 0 N–H and O–H groups in total. The molecule has 0 heterocycles. The van der Waals surface area contributed by atoms with E-state index in [-0.39, 0.29) is 0 Å². The molecule has 0 aromatic heterocycles. The van der Waals surface area contributed by atoms with Crippen molar-refractivity contribution in [1.82, 2.24) is 0 Å². The Kier molecular flexibility index (Phi) is 11.7. The first-order valence-electron chi connectivity index (χ1n) is 6.59. The molecule has 0 aliphatic heterocycles.